The molecule has 0 heterocycles. The summed E-state index contributed by atoms with van der Waals surface area (Å²) < 4.78 is 5.31. The molecule has 0 radical (unpaired) electrons. The van der Waals surface area contributed by atoms with Gasteiger partial charge in [-0.25, -0.2) is 0 Å². The van der Waals surface area contributed by atoms with E-state index in [4.69, 9.17) is 4.74 Å². The van der Waals surface area contributed by atoms with Crippen LogP contribution in [0.2, 0.25) is 0 Å². The molecule has 1 aliphatic carbocycles. The summed E-state index contributed by atoms with van der Waals surface area (Å²) in [6.07, 6.45) is 3.52. The number of rotatable bonds is 5. The second-order valence-corrected chi connectivity index (χ2v) is 6.40. The Kier molecular flexibility index (Phi) is 4.74. The first-order valence-corrected chi connectivity index (χ1v) is 8.40. The molecule has 0 fully saturated rings. The Bertz CT molecular complexity index is 755. The van der Waals surface area contributed by atoms with Gasteiger partial charge < -0.3 is 15.4 Å². The van der Waals surface area contributed by atoms with Crippen LogP contribution in [-0.2, 0) is 17.6 Å². The molecule has 3 rings (SSSR count). The highest BCUT2D eigenvalue weighted by atomic mass is 16.5. The summed E-state index contributed by atoms with van der Waals surface area (Å²) in [5.41, 5.74) is 5.60. The lowest BCUT2D eigenvalue weighted by Crippen LogP contribution is -2.32. The molecular weight excluding hydrogens is 300 g/mol. The predicted octanol–water partition coefficient (Wildman–Crippen LogP) is 3.93. The Morgan fingerprint density at radius 3 is 2.71 bits per heavy atom. The van der Waals surface area contributed by atoms with Gasteiger partial charge in [0.15, 0.2) is 0 Å². The monoisotopic (exact) mass is 324 g/mol. The lowest BCUT2D eigenvalue weighted by Gasteiger charge is -2.17. The van der Waals surface area contributed by atoms with Crippen molar-refractivity contribution in [2.45, 2.75) is 39.2 Å². The maximum Gasteiger partial charge on any atom is 0.246 e. The Labute approximate surface area is 143 Å². The summed E-state index contributed by atoms with van der Waals surface area (Å²) in [5.74, 6) is 0.582. The molecule has 126 valence electrons. The number of aryl methyl sites for hydroxylation is 3. The van der Waals surface area contributed by atoms with Crippen molar-refractivity contribution in [1.29, 1.82) is 0 Å². The van der Waals surface area contributed by atoms with Gasteiger partial charge in [0.25, 0.3) is 0 Å². The van der Waals surface area contributed by atoms with Crippen LogP contribution >= 0.6 is 0 Å². The summed E-state index contributed by atoms with van der Waals surface area (Å²) in [7, 11) is 1.60. The maximum absolute atomic E-state index is 12.5. The van der Waals surface area contributed by atoms with Crippen molar-refractivity contribution in [1.82, 2.24) is 0 Å². The number of methoxy groups -OCH3 is 1. The van der Waals surface area contributed by atoms with Crippen LogP contribution in [-0.4, -0.2) is 19.1 Å². The quantitative estimate of drug-likeness (QED) is 0.876. The van der Waals surface area contributed by atoms with Gasteiger partial charge >= 0.3 is 0 Å². The fraction of sp³-hybridized carbons (Fsp3) is 0.350. The Morgan fingerprint density at radius 1 is 1.12 bits per heavy atom. The highest BCUT2D eigenvalue weighted by Crippen LogP contribution is 2.27. The van der Waals surface area contributed by atoms with Crippen LogP contribution in [0.5, 0.6) is 5.75 Å². The van der Waals surface area contributed by atoms with Gasteiger partial charge in [-0.3, -0.25) is 4.79 Å². The summed E-state index contributed by atoms with van der Waals surface area (Å²) in [4.78, 5) is 12.5. The second kappa shape index (κ2) is 6.95. The standard InChI is InChI=1S/C20H24N2O2/c1-13-7-10-19(24-3)18(11-13)22-20(23)14(2)21-17-9-8-15-5-4-6-16(15)12-17/h7-12,14,21H,4-6H2,1-3H3,(H,22,23)/t14-/m1/s1. The van der Waals surface area contributed by atoms with Gasteiger partial charge in [0.2, 0.25) is 5.91 Å². The summed E-state index contributed by atoms with van der Waals surface area (Å²) in [6.45, 7) is 3.85. The average molecular weight is 324 g/mol. The van der Waals surface area contributed by atoms with Gasteiger partial charge in [-0.15, -0.1) is 0 Å². The number of ether oxygens (including phenoxy) is 1. The summed E-state index contributed by atoms with van der Waals surface area (Å²) >= 11 is 0. The molecule has 1 amide bonds. The number of carbonyl (C=O) groups excluding carboxylic acids is 1. The molecule has 0 aromatic heterocycles. The van der Waals surface area contributed by atoms with Gasteiger partial charge in [0.1, 0.15) is 11.8 Å². The molecule has 1 aliphatic rings. The molecule has 24 heavy (non-hydrogen) atoms. The van der Waals surface area contributed by atoms with Crippen LogP contribution < -0.4 is 15.4 Å². The minimum Gasteiger partial charge on any atom is -0.495 e. The van der Waals surface area contributed by atoms with E-state index >= 15 is 0 Å². The molecule has 0 saturated carbocycles. The molecule has 0 saturated heterocycles. The third kappa shape index (κ3) is 3.53. The van der Waals surface area contributed by atoms with E-state index in [-0.39, 0.29) is 11.9 Å². The lowest BCUT2D eigenvalue weighted by molar-refractivity contribution is -0.116. The van der Waals surface area contributed by atoms with Gasteiger partial charge in [0.05, 0.1) is 12.8 Å². The predicted molar refractivity (Wildman–Crippen MR) is 97.9 cm³/mol. The summed E-state index contributed by atoms with van der Waals surface area (Å²) in [6, 6.07) is 11.8. The van der Waals surface area contributed by atoms with Gasteiger partial charge in [-0.2, -0.15) is 0 Å². The molecule has 4 nitrogen and oxygen atoms in total. The minimum atomic E-state index is -0.338. The fourth-order valence-electron chi connectivity index (χ4n) is 3.14. The molecule has 0 aliphatic heterocycles. The van der Waals surface area contributed by atoms with E-state index in [1.807, 2.05) is 32.0 Å². The van der Waals surface area contributed by atoms with Crippen molar-refractivity contribution in [3.63, 3.8) is 0 Å². The molecule has 2 aromatic rings. The van der Waals surface area contributed by atoms with E-state index in [1.54, 1.807) is 7.11 Å². The number of hydrogen-bond acceptors (Lipinski definition) is 3. The fourth-order valence-corrected chi connectivity index (χ4v) is 3.14. The molecule has 0 spiro atoms. The van der Waals surface area contributed by atoms with Gasteiger partial charge in [0, 0.05) is 5.69 Å². The second-order valence-electron chi connectivity index (χ2n) is 6.40. The van der Waals surface area contributed by atoms with E-state index in [2.05, 4.69) is 28.8 Å². The molecular formula is C20H24N2O2. The Balaban J connectivity index is 1.68. The minimum absolute atomic E-state index is 0.0839. The van der Waals surface area contributed by atoms with E-state index < -0.39 is 0 Å². The average Bonchev–Trinajstić information content (AvgIpc) is 3.02. The Hall–Kier alpha value is -2.49. The molecule has 2 N–H and O–H groups in total. The van der Waals surface area contributed by atoms with E-state index in [1.165, 1.54) is 24.0 Å². The number of amides is 1. The van der Waals surface area contributed by atoms with Gasteiger partial charge in [-0.1, -0.05) is 12.1 Å². The van der Waals surface area contributed by atoms with Crippen molar-refractivity contribution in [2.24, 2.45) is 0 Å². The first-order valence-electron chi connectivity index (χ1n) is 8.40. The van der Waals surface area contributed by atoms with Crippen molar-refractivity contribution < 1.29 is 9.53 Å². The smallest absolute Gasteiger partial charge is 0.246 e. The number of nitrogens with one attached hydrogen (secondary N) is 2. The molecule has 1 atom stereocenters. The first-order chi connectivity index (χ1) is 11.6. The first kappa shape index (κ1) is 16.4. The molecule has 0 bridgehead atoms. The number of fused-ring (bicyclic) bond motifs is 1. The zero-order valence-electron chi connectivity index (χ0n) is 14.5. The molecule has 0 unspecified atom stereocenters. The number of benzene rings is 2. The third-order valence-electron chi connectivity index (χ3n) is 4.49. The zero-order valence-corrected chi connectivity index (χ0v) is 14.5. The highest BCUT2D eigenvalue weighted by molar-refractivity contribution is 5.97. The topological polar surface area (TPSA) is 50.4 Å². The van der Waals surface area contributed by atoms with Crippen LogP contribution in [0.15, 0.2) is 36.4 Å². The number of carbonyl (C=O) groups is 1. The van der Waals surface area contributed by atoms with E-state index in [0.717, 1.165) is 17.7 Å². The van der Waals surface area contributed by atoms with Crippen molar-refractivity contribution in [3.8, 4) is 5.75 Å². The van der Waals surface area contributed by atoms with Crippen molar-refractivity contribution in [3.05, 3.63) is 53.1 Å². The zero-order chi connectivity index (χ0) is 17.1. The Morgan fingerprint density at radius 2 is 1.92 bits per heavy atom. The van der Waals surface area contributed by atoms with Crippen molar-refractivity contribution >= 4 is 17.3 Å². The SMILES string of the molecule is COc1ccc(C)cc1NC(=O)[C@@H](C)Nc1ccc2c(c1)CCC2. The normalized spacial score (nSPS) is 14.0. The molecule has 2 aromatic carbocycles. The van der Waals surface area contributed by atoms with Crippen LogP contribution in [0.25, 0.3) is 0 Å². The third-order valence-corrected chi connectivity index (χ3v) is 4.49. The van der Waals surface area contributed by atoms with Crippen LogP contribution in [0, 0.1) is 6.92 Å². The van der Waals surface area contributed by atoms with Crippen LogP contribution in [0.3, 0.4) is 0 Å². The lowest BCUT2D eigenvalue weighted by atomic mass is 10.1. The van der Waals surface area contributed by atoms with Crippen LogP contribution in [0.4, 0.5) is 11.4 Å². The van der Waals surface area contributed by atoms with E-state index in [9.17, 15) is 4.79 Å². The number of anilines is 2. The van der Waals surface area contributed by atoms with Gasteiger partial charge in [-0.05, 0) is 74.1 Å². The summed E-state index contributed by atoms with van der Waals surface area (Å²) in [5, 5.41) is 6.24. The van der Waals surface area contributed by atoms with Crippen LogP contribution in [0.1, 0.15) is 30.0 Å². The maximum atomic E-state index is 12.5. The van der Waals surface area contributed by atoms with E-state index in [0.29, 0.717) is 11.4 Å². The highest BCUT2D eigenvalue weighted by Gasteiger charge is 2.16. The molecule has 4 heteroatoms. The van der Waals surface area contributed by atoms with Crippen molar-refractivity contribution in [2.75, 3.05) is 17.7 Å². The largest absolute Gasteiger partial charge is 0.495 e. The number of hydrogen-bond donors (Lipinski definition) is 2.